The van der Waals surface area contributed by atoms with E-state index >= 15 is 0 Å². The third kappa shape index (κ3) is 2.76. The number of nitrogens with zero attached hydrogens (tertiary/aromatic N) is 1. The van der Waals surface area contributed by atoms with Gasteiger partial charge in [-0.25, -0.2) is 9.78 Å². The summed E-state index contributed by atoms with van der Waals surface area (Å²) in [6.07, 6.45) is 1.65. The fourth-order valence-electron chi connectivity index (χ4n) is 1.96. The maximum Gasteiger partial charge on any atom is 0.326 e. The van der Waals surface area contributed by atoms with Gasteiger partial charge in [0.05, 0.1) is 0 Å². The lowest BCUT2D eigenvalue weighted by Gasteiger charge is -2.19. The average Bonchev–Trinajstić information content (AvgIpc) is 2.35. The highest BCUT2D eigenvalue weighted by Crippen LogP contribution is 2.24. The topological polar surface area (TPSA) is 88.2 Å². The third-order valence-electron chi connectivity index (χ3n) is 3.02. The molecule has 0 spiro atoms. The zero-order chi connectivity index (χ0) is 14.0. The minimum Gasteiger partial charge on any atom is -0.480 e. The Bertz CT molecular complexity index is 611. The lowest BCUT2D eigenvalue weighted by atomic mass is 10.0. The smallest absolute Gasteiger partial charge is 0.326 e. The summed E-state index contributed by atoms with van der Waals surface area (Å²) >= 11 is 0. The minimum atomic E-state index is -0.891. The third-order valence-corrected chi connectivity index (χ3v) is 3.02. The standard InChI is InChI=1S/C14H17N3O2/c1-8(2)12(14(18)19)17-13-11-7-10(15)4-3-9(11)5-6-16-13/h3-8,12H,15H2,1-2H3,(H,16,17)(H,18,19). The van der Waals surface area contributed by atoms with Gasteiger partial charge in [0.2, 0.25) is 0 Å². The van der Waals surface area contributed by atoms with Gasteiger partial charge in [0.15, 0.2) is 0 Å². The summed E-state index contributed by atoms with van der Waals surface area (Å²) in [5.41, 5.74) is 6.40. The van der Waals surface area contributed by atoms with Crippen LogP contribution in [-0.4, -0.2) is 22.1 Å². The molecule has 2 rings (SSSR count). The summed E-state index contributed by atoms with van der Waals surface area (Å²) in [5.74, 6) is -0.390. The highest BCUT2D eigenvalue weighted by Gasteiger charge is 2.22. The number of rotatable bonds is 4. The Morgan fingerprint density at radius 1 is 1.37 bits per heavy atom. The molecule has 100 valence electrons. The van der Waals surface area contributed by atoms with Crippen LogP contribution in [0.2, 0.25) is 0 Å². The van der Waals surface area contributed by atoms with E-state index in [1.165, 1.54) is 0 Å². The molecule has 0 aliphatic carbocycles. The highest BCUT2D eigenvalue weighted by atomic mass is 16.4. The number of nitrogens with one attached hydrogen (secondary N) is 1. The average molecular weight is 259 g/mol. The summed E-state index contributed by atoms with van der Waals surface area (Å²) in [6, 6.07) is 6.68. The number of fused-ring (bicyclic) bond motifs is 1. The van der Waals surface area contributed by atoms with Gasteiger partial charge in [-0.1, -0.05) is 19.9 Å². The van der Waals surface area contributed by atoms with Crippen LogP contribution in [0.5, 0.6) is 0 Å². The normalized spacial score (nSPS) is 12.6. The molecule has 1 aromatic carbocycles. The van der Waals surface area contributed by atoms with E-state index in [0.29, 0.717) is 11.5 Å². The molecule has 1 unspecified atom stereocenters. The van der Waals surface area contributed by atoms with Crippen LogP contribution < -0.4 is 11.1 Å². The number of carboxylic acid groups (broad SMARTS) is 1. The fraction of sp³-hybridized carbons (Fsp3) is 0.286. The van der Waals surface area contributed by atoms with Crippen LogP contribution in [0.4, 0.5) is 11.5 Å². The van der Waals surface area contributed by atoms with E-state index < -0.39 is 12.0 Å². The molecular formula is C14H17N3O2. The van der Waals surface area contributed by atoms with E-state index in [9.17, 15) is 9.90 Å². The first-order valence-corrected chi connectivity index (χ1v) is 6.12. The molecule has 0 bridgehead atoms. The van der Waals surface area contributed by atoms with E-state index in [2.05, 4.69) is 10.3 Å². The number of nitrogen functional groups attached to an aromatic ring is 1. The fourth-order valence-corrected chi connectivity index (χ4v) is 1.96. The van der Waals surface area contributed by atoms with E-state index in [0.717, 1.165) is 10.8 Å². The van der Waals surface area contributed by atoms with Crippen LogP contribution in [0.1, 0.15) is 13.8 Å². The molecule has 2 aromatic rings. The van der Waals surface area contributed by atoms with Crippen molar-refractivity contribution in [2.45, 2.75) is 19.9 Å². The zero-order valence-electron chi connectivity index (χ0n) is 10.9. The van der Waals surface area contributed by atoms with Crippen LogP contribution in [0.3, 0.4) is 0 Å². The van der Waals surface area contributed by atoms with Crippen molar-refractivity contribution in [2.24, 2.45) is 5.92 Å². The Hall–Kier alpha value is -2.30. The monoisotopic (exact) mass is 259 g/mol. The molecule has 19 heavy (non-hydrogen) atoms. The van der Waals surface area contributed by atoms with Crippen LogP contribution in [0.15, 0.2) is 30.5 Å². The lowest BCUT2D eigenvalue weighted by Crippen LogP contribution is -2.34. The molecule has 0 saturated carbocycles. The number of benzene rings is 1. The summed E-state index contributed by atoms with van der Waals surface area (Å²) in [5, 5.41) is 14.0. The first-order chi connectivity index (χ1) is 8.99. The summed E-state index contributed by atoms with van der Waals surface area (Å²) in [4.78, 5) is 15.5. The molecule has 0 aliphatic rings. The number of aliphatic carboxylic acids is 1. The molecule has 0 saturated heterocycles. The van der Waals surface area contributed by atoms with Gasteiger partial charge < -0.3 is 16.2 Å². The van der Waals surface area contributed by atoms with Crippen molar-refractivity contribution in [2.75, 3.05) is 11.1 Å². The maximum atomic E-state index is 11.2. The number of hydrogen-bond acceptors (Lipinski definition) is 4. The second kappa shape index (κ2) is 5.14. The second-order valence-electron chi connectivity index (χ2n) is 4.84. The Balaban J connectivity index is 2.44. The van der Waals surface area contributed by atoms with Gasteiger partial charge in [-0.3, -0.25) is 0 Å². The maximum absolute atomic E-state index is 11.2. The molecule has 5 nitrogen and oxygen atoms in total. The van der Waals surface area contributed by atoms with Gasteiger partial charge in [0.1, 0.15) is 11.9 Å². The van der Waals surface area contributed by atoms with Crippen molar-refractivity contribution in [3.05, 3.63) is 30.5 Å². The first kappa shape index (κ1) is 13.1. The van der Waals surface area contributed by atoms with Gasteiger partial charge in [-0.05, 0) is 29.5 Å². The Morgan fingerprint density at radius 3 is 2.74 bits per heavy atom. The number of anilines is 2. The summed E-state index contributed by atoms with van der Waals surface area (Å²) < 4.78 is 0. The summed E-state index contributed by atoms with van der Waals surface area (Å²) in [7, 11) is 0. The number of carbonyl (C=O) groups is 1. The molecule has 5 heteroatoms. The van der Waals surface area contributed by atoms with Gasteiger partial charge in [0, 0.05) is 17.3 Å². The number of hydrogen-bond donors (Lipinski definition) is 3. The number of carboxylic acids is 1. The van der Waals surface area contributed by atoms with Crippen molar-refractivity contribution >= 4 is 28.2 Å². The van der Waals surface area contributed by atoms with Crippen molar-refractivity contribution in [1.82, 2.24) is 4.98 Å². The Labute approximate surface area is 111 Å². The number of aromatic nitrogens is 1. The number of nitrogens with two attached hydrogens (primary N) is 1. The van der Waals surface area contributed by atoms with E-state index in [1.807, 2.05) is 32.0 Å². The first-order valence-electron chi connectivity index (χ1n) is 6.12. The van der Waals surface area contributed by atoms with Gasteiger partial charge >= 0.3 is 5.97 Å². The lowest BCUT2D eigenvalue weighted by molar-refractivity contribution is -0.138. The largest absolute Gasteiger partial charge is 0.480 e. The Morgan fingerprint density at radius 2 is 2.11 bits per heavy atom. The van der Waals surface area contributed by atoms with Crippen LogP contribution >= 0.6 is 0 Å². The molecule has 0 fully saturated rings. The predicted octanol–water partition coefficient (Wildman–Crippen LogP) is 2.34. The van der Waals surface area contributed by atoms with Crippen molar-refractivity contribution in [1.29, 1.82) is 0 Å². The molecule has 0 amide bonds. The van der Waals surface area contributed by atoms with Crippen molar-refractivity contribution in [3.8, 4) is 0 Å². The zero-order valence-corrected chi connectivity index (χ0v) is 10.9. The molecule has 0 radical (unpaired) electrons. The molecule has 1 heterocycles. The van der Waals surface area contributed by atoms with E-state index in [4.69, 9.17) is 5.73 Å². The molecular weight excluding hydrogens is 242 g/mol. The quantitative estimate of drug-likeness (QED) is 0.733. The highest BCUT2D eigenvalue weighted by molar-refractivity contribution is 5.95. The molecule has 0 aliphatic heterocycles. The molecule has 1 atom stereocenters. The SMILES string of the molecule is CC(C)C(Nc1nccc2ccc(N)cc12)C(=O)O. The summed E-state index contributed by atoms with van der Waals surface area (Å²) in [6.45, 7) is 3.70. The van der Waals surface area contributed by atoms with Gasteiger partial charge in [-0.2, -0.15) is 0 Å². The van der Waals surface area contributed by atoms with Crippen LogP contribution in [-0.2, 0) is 4.79 Å². The van der Waals surface area contributed by atoms with Crippen LogP contribution in [0.25, 0.3) is 10.8 Å². The predicted molar refractivity (Wildman–Crippen MR) is 76.0 cm³/mol. The number of pyridine rings is 1. The van der Waals surface area contributed by atoms with E-state index in [1.54, 1.807) is 12.3 Å². The Kier molecular flexibility index (Phi) is 3.55. The van der Waals surface area contributed by atoms with Gasteiger partial charge in [-0.15, -0.1) is 0 Å². The van der Waals surface area contributed by atoms with Crippen molar-refractivity contribution in [3.63, 3.8) is 0 Å². The van der Waals surface area contributed by atoms with Crippen LogP contribution in [0, 0.1) is 5.92 Å². The second-order valence-corrected chi connectivity index (χ2v) is 4.84. The van der Waals surface area contributed by atoms with E-state index in [-0.39, 0.29) is 5.92 Å². The molecule has 1 aromatic heterocycles. The van der Waals surface area contributed by atoms with Crippen molar-refractivity contribution < 1.29 is 9.90 Å². The van der Waals surface area contributed by atoms with Gasteiger partial charge in [0.25, 0.3) is 0 Å². The molecule has 4 N–H and O–H groups in total. The minimum absolute atomic E-state index is 0.0457.